The predicted molar refractivity (Wildman–Crippen MR) is 112 cm³/mol. The van der Waals surface area contributed by atoms with Gasteiger partial charge in [-0.05, 0) is 0 Å². The first kappa shape index (κ1) is 21.7. The lowest BCUT2D eigenvalue weighted by atomic mass is 10.3. The van der Waals surface area contributed by atoms with Crippen molar-refractivity contribution in [3.63, 3.8) is 0 Å². The summed E-state index contributed by atoms with van der Waals surface area (Å²) in [7, 11) is 7.60. The Hall–Kier alpha value is -3.52. The van der Waals surface area contributed by atoms with Crippen LogP contribution in [0.5, 0.6) is 0 Å². The lowest BCUT2D eigenvalue weighted by Gasteiger charge is -2.26. The third-order valence-electron chi connectivity index (χ3n) is 5.41. The van der Waals surface area contributed by atoms with E-state index in [1.54, 1.807) is 44.0 Å². The molecule has 0 atom stereocenters. The third kappa shape index (κ3) is 5.20. The van der Waals surface area contributed by atoms with Crippen LogP contribution in [0.2, 0.25) is 0 Å². The molecule has 14 heteroatoms. The monoisotopic (exact) mass is 440 g/mol. The molecule has 0 saturated heterocycles. The highest BCUT2D eigenvalue weighted by Crippen LogP contribution is 2.10. The van der Waals surface area contributed by atoms with Crippen molar-refractivity contribution in [3.8, 4) is 0 Å². The Morgan fingerprint density at radius 3 is 0.938 bits per heavy atom. The number of rotatable bonds is 11. The van der Waals surface area contributed by atoms with Crippen molar-refractivity contribution in [3.05, 3.63) is 48.6 Å². The summed E-state index contributed by atoms with van der Waals surface area (Å²) in [6.07, 6.45) is 6.29. The van der Waals surface area contributed by atoms with E-state index in [1.165, 1.54) is 0 Å². The van der Waals surface area contributed by atoms with Crippen LogP contribution in [-0.4, -0.2) is 81.9 Å². The van der Waals surface area contributed by atoms with Crippen LogP contribution in [0.3, 0.4) is 0 Å². The minimum atomic E-state index is 0.644. The molecule has 0 aliphatic rings. The van der Waals surface area contributed by atoms with Gasteiger partial charge >= 0.3 is 0 Å². The smallest absolute Gasteiger partial charge is 0.140 e. The second-order valence-electron chi connectivity index (χ2n) is 7.62. The fraction of sp³-hybridized carbons (Fsp3) is 0.556. The molecule has 0 spiro atoms. The zero-order valence-electron chi connectivity index (χ0n) is 18.8. The maximum atomic E-state index is 4.39. The lowest BCUT2D eigenvalue weighted by molar-refractivity contribution is 0.167. The van der Waals surface area contributed by atoms with Crippen LogP contribution in [0.15, 0.2) is 25.3 Å². The third-order valence-corrected chi connectivity index (χ3v) is 5.41. The summed E-state index contributed by atoms with van der Waals surface area (Å²) in [6.45, 7) is 4.12. The second kappa shape index (κ2) is 9.74. The Bertz CT molecular complexity index is 947. The Morgan fingerprint density at radius 1 is 0.500 bits per heavy atom. The van der Waals surface area contributed by atoms with Gasteiger partial charge in [-0.2, -0.15) is 20.4 Å². The van der Waals surface area contributed by atoms with E-state index in [1.807, 2.05) is 28.2 Å². The summed E-state index contributed by atoms with van der Waals surface area (Å²) in [6, 6.07) is 0. The summed E-state index contributed by atoms with van der Waals surface area (Å²) >= 11 is 0. The largest absolute Gasteiger partial charge is 0.287 e. The molecule has 0 unspecified atom stereocenters. The number of nitrogens with zero attached hydrogens (tertiary/aromatic N) is 14. The van der Waals surface area contributed by atoms with Gasteiger partial charge in [-0.25, -0.2) is 19.9 Å². The Labute approximate surface area is 185 Å². The standard InChI is InChI=1S/C18H28N14/c1-27-15(19-11-23-27)7-31(8-16-20-12-24-28(16)2)5-6-32(9-17-21-13-25-29(17)3)10-18-22-14-26-30(18)4/h11-14H,5-10H2,1-4H3. The van der Waals surface area contributed by atoms with Crippen molar-refractivity contribution >= 4 is 0 Å². The van der Waals surface area contributed by atoms with E-state index in [2.05, 4.69) is 50.1 Å². The fourth-order valence-corrected chi connectivity index (χ4v) is 3.36. The van der Waals surface area contributed by atoms with Crippen molar-refractivity contribution in [2.75, 3.05) is 13.1 Å². The minimum absolute atomic E-state index is 0.644. The Balaban J connectivity index is 1.49. The highest BCUT2D eigenvalue weighted by atomic mass is 15.4. The molecule has 0 aliphatic carbocycles. The molecule has 0 fully saturated rings. The molecule has 0 N–H and O–H groups in total. The van der Waals surface area contributed by atoms with E-state index >= 15 is 0 Å². The van der Waals surface area contributed by atoms with Crippen molar-refractivity contribution in [2.45, 2.75) is 26.2 Å². The van der Waals surface area contributed by atoms with Gasteiger partial charge in [0.1, 0.15) is 48.6 Å². The van der Waals surface area contributed by atoms with Gasteiger partial charge in [-0.15, -0.1) is 0 Å². The van der Waals surface area contributed by atoms with Crippen LogP contribution in [0.1, 0.15) is 23.3 Å². The first-order chi connectivity index (χ1) is 15.5. The van der Waals surface area contributed by atoms with Crippen molar-refractivity contribution < 1.29 is 0 Å². The van der Waals surface area contributed by atoms with E-state index in [9.17, 15) is 0 Å². The average molecular weight is 441 g/mol. The van der Waals surface area contributed by atoms with E-state index in [0.29, 0.717) is 26.2 Å². The van der Waals surface area contributed by atoms with E-state index in [4.69, 9.17) is 0 Å². The summed E-state index contributed by atoms with van der Waals surface area (Å²) in [4.78, 5) is 22.1. The number of hydrogen-bond donors (Lipinski definition) is 0. The van der Waals surface area contributed by atoms with Gasteiger partial charge < -0.3 is 0 Å². The Morgan fingerprint density at radius 2 is 0.750 bits per heavy atom. The molecule has 4 rings (SSSR count). The van der Waals surface area contributed by atoms with Gasteiger partial charge in [0, 0.05) is 41.3 Å². The predicted octanol–water partition coefficient (Wildman–Crippen LogP) is -1.09. The van der Waals surface area contributed by atoms with Crippen molar-refractivity contribution in [1.82, 2.24) is 68.9 Å². The van der Waals surface area contributed by atoms with Gasteiger partial charge in [0.15, 0.2) is 0 Å². The average Bonchev–Trinajstić information content (AvgIpc) is 3.55. The number of aryl methyl sites for hydroxylation is 4. The van der Waals surface area contributed by atoms with Gasteiger partial charge in [0.25, 0.3) is 0 Å². The minimum Gasteiger partial charge on any atom is -0.287 e. The number of hydrogen-bond acceptors (Lipinski definition) is 10. The van der Waals surface area contributed by atoms with Crippen LogP contribution in [0, 0.1) is 0 Å². The molecule has 0 aliphatic heterocycles. The Kier molecular flexibility index (Phi) is 6.61. The number of aromatic nitrogens is 12. The van der Waals surface area contributed by atoms with Gasteiger partial charge in [-0.3, -0.25) is 28.5 Å². The fourth-order valence-electron chi connectivity index (χ4n) is 3.36. The zero-order valence-corrected chi connectivity index (χ0v) is 18.8. The molecule has 0 saturated carbocycles. The summed E-state index contributed by atoms with van der Waals surface area (Å²) in [5.41, 5.74) is 0. The molecular formula is C18H28N14. The maximum Gasteiger partial charge on any atom is 0.140 e. The summed E-state index contributed by atoms with van der Waals surface area (Å²) < 4.78 is 7.17. The lowest BCUT2D eigenvalue weighted by Crippen LogP contribution is -2.36. The van der Waals surface area contributed by atoms with Gasteiger partial charge in [-0.1, -0.05) is 0 Å². The first-order valence-corrected chi connectivity index (χ1v) is 10.3. The van der Waals surface area contributed by atoms with Crippen LogP contribution in [-0.2, 0) is 54.4 Å². The highest BCUT2D eigenvalue weighted by Gasteiger charge is 2.18. The topological polar surface area (TPSA) is 129 Å². The molecule has 0 aromatic carbocycles. The summed E-state index contributed by atoms with van der Waals surface area (Å²) in [5, 5.41) is 16.8. The molecule has 4 heterocycles. The van der Waals surface area contributed by atoms with Crippen LogP contribution < -0.4 is 0 Å². The normalized spacial score (nSPS) is 11.8. The maximum absolute atomic E-state index is 4.39. The molecule has 14 nitrogen and oxygen atoms in total. The first-order valence-electron chi connectivity index (χ1n) is 10.3. The van der Waals surface area contributed by atoms with Gasteiger partial charge in [0.2, 0.25) is 0 Å². The van der Waals surface area contributed by atoms with E-state index in [-0.39, 0.29) is 0 Å². The van der Waals surface area contributed by atoms with Crippen molar-refractivity contribution in [1.29, 1.82) is 0 Å². The molecule has 170 valence electrons. The molecular weight excluding hydrogens is 412 g/mol. The second-order valence-corrected chi connectivity index (χ2v) is 7.62. The van der Waals surface area contributed by atoms with Crippen LogP contribution >= 0.6 is 0 Å². The zero-order chi connectivity index (χ0) is 22.5. The molecule has 32 heavy (non-hydrogen) atoms. The SMILES string of the molecule is Cn1ncnc1CN(CCN(Cc1ncnn1C)Cc1ncnn1C)Cc1ncnn1C. The molecule has 0 bridgehead atoms. The molecule has 0 radical (unpaired) electrons. The highest BCUT2D eigenvalue weighted by molar-refractivity contribution is 4.91. The van der Waals surface area contributed by atoms with E-state index in [0.717, 1.165) is 36.4 Å². The van der Waals surface area contributed by atoms with E-state index < -0.39 is 0 Å². The van der Waals surface area contributed by atoms with Crippen molar-refractivity contribution in [2.24, 2.45) is 28.2 Å². The summed E-state index contributed by atoms with van der Waals surface area (Å²) in [5.74, 6) is 3.56. The van der Waals surface area contributed by atoms with Crippen LogP contribution in [0.25, 0.3) is 0 Å². The molecule has 0 amide bonds. The molecule has 4 aromatic heterocycles. The van der Waals surface area contributed by atoms with Crippen LogP contribution in [0.4, 0.5) is 0 Å². The quantitative estimate of drug-likeness (QED) is 0.283. The molecule has 4 aromatic rings. The van der Waals surface area contributed by atoms with Gasteiger partial charge in [0.05, 0.1) is 26.2 Å².